The van der Waals surface area contributed by atoms with Crippen LogP contribution < -0.4 is 5.73 Å². The van der Waals surface area contributed by atoms with Crippen molar-refractivity contribution in [2.45, 2.75) is 6.92 Å². The van der Waals surface area contributed by atoms with Crippen molar-refractivity contribution in [2.24, 2.45) is 10.2 Å². The molecule has 21 heavy (non-hydrogen) atoms. The van der Waals surface area contributed by atoms with Crippen LogP contribution in [0.2, 0.25) is 0 Å². The Labute approximate surface area is 125 Å². The van der Waals surface area contributed by atoms with Crippen molar-refractivity contribution in [1.82, 2.24) is 0 Å². The first kappa shape index (κ1) is 16.2. The number of nitrogens with zero attached hydrogens (tertiary/aromatic N) is 2. The Morgan fingerprint density at radius 3 is 2.38 bits per heavy atom. The molecule has 0 saturated heterocycles. The molecular formula is C17H19N3O. The van der Waals surface area contributed by atoms with Crippen molar-refractivity contribution in [3.8, 4) is 0 Å². The Morgan fingerprint density at radius 2 is 1.86 bits per heavy atom. The van der Waals surface area contributed by atoms with Crippen LogP contribution in [0.25, 0.3) is 12.2 Å². The number of nitrogens with two attached hydrogens (primary N) is 1. The van der Waals surface area contributed by atoms with Gasteiger partial charge in [0.25, 0.3) is 0 Å². The van der Waals surface area contributed by atoms with Gasteiger partial charge in [-0.25, -0.2) is 0 Å². The number of hydrogen-bond donors (Lipinski definition) is 2. The Balaban J connectivity index is 3.24. The van der Waals surface area contributed by atoms with E-state index in [1.165, 1.54) is 12.2 Å². The van der Waals surface area contributed by atoms with Crippen LogP contribution in [-0.4, -0.2) is 5.11 Å². The summed E-state index contributed by atoms with van der Waals surface area (Å²) >= 11 is 0. The van der Waals surface area contributed by atoms with E-state index in [9.17, 15) is 5.11 Å². The Hall–Kier alpha value is -2.88. The maximum atomic E-state index is 9.43. The maximum Gasteiger partial charge on any atom is 0.117 e. The monoisotopic (exact) mass is 281 g/mol. The van der Waals surface area contributed by atoms with Gasteiger partial charge in [-0.3, -0.25) is 0 Å². The van der Waals surface area contributed by atoms with Gasteiger partial charge in [-0.15, -0.1) is 5.11 Å². The lowest BCUT2D eigenvalue weighted by atomic mass is 10.0. The molecule has 0 aliphatic rings. The molecule has 0 fully saturated rings. The predicted molar refractivity (Wildman–Crippen MR) is 90.2 cm³/mol. The first-order valence-corrected chi connectivity index (χ1v) is 6.35. The molecular weight excluding hydrogens is 262 g/mol. The number of benzene rings is 1. The highest BCUT2D eigenvalue weighted by Gasteiger charge is 2.06. The second-order valence-electron chi connectivity index (χ2n) is 4.10. The van der Waals surface area contributed by atoms with E-state index in [0.717, 1.165) is 11.1 Å². The van der Waals surface area contributed by atoms with Gasteiger partial charge in [-0.1, -0.05) is 38.0 Å². The molecule has 1 rings (SSSR count). The zero-order valence-corrected chi connectivity index (χ0v) is 12.1. The third-order valence-corrected chi connectivity index (χ3v) is 2.78. The number of nitrogen functional groups attached to an aromatic ring is 1. The van der Waals surface area contributed by atoms with E-state index in [4.69, 9.17) is 5.73 Å². The molecule has 0 bridgehead atoms. The fraction of sp³-hybridized carbons (Fsp3) is 0.0588. The normalized spacial score (nSPS) is 12.4. The van der Waals surface area contributed by atoms with Gasteiger partial charge in [-0.05, 0) is 25.1 Å². The average Bonchev–Trinajstić information content (AvgIpc) is 2.51. The molecule has 1 aromatic rings. The molecule has 0 aliphatic heterocycles. The van der Waals surface area contributed by atoms with Crippen LogP contribution in [0.1, 0.15) is 18.1 Å². The highest BCUT2D eigenvalue weighted by Crippen LogP contribution is 2.30. The van der Waals surface area contributed by atoms with E-state index in [1.807, 2.05) is 0 Å². The summed E-state index contributed by atoms with van der Waals surface area (Å²) in [5, 5.41) is 17.7. The van der Waals surface area contributed by atoms with E-state index in [1.54, 1.807) is 37.3 Å². The molecule has 0 saturated carbocycles. The maximum absolute atomic E-state index is 9.43. The minimum atomic E-state index is 0.0232. The van der Waals surface area contributed by atoms with Crippen LogP contribution in [0, 0.1) is 0 Å². The summed E-state index contributed by atoms with van der Waals surface area (Å²) in [4.78, 5) is 0. The van der Waals surface area contributed by atoms with Gasteiger partial charge in [0, 0.05) is 22.9 Å². The van der Waals surface area contributed by atoms with E-state index in [2.05, 4.69) is 30.0 Å². The minimum Gasteiger partial charge on any atom is -0.508 e. The number of allylic oxidation sites excluding steroid dienone is 3. The molecule has 1 aromatic carbocycles. The van der Waals surface area contributed by atoms with Gasteiger partial charge in [0.05, 0.1) is 11.4 Å². The highest BCUT2D eigenvalue weighted by molar-refractivity contribution is 5.80. The molecule has 0 atom stereocenters. The third kappa shape index (κ3) is 4.04. The fourth-order valence-electron chi connectivity index (χ4n) is 1.66. The molecule has 0 amide bonds. The van der Waals surface area contributed by atoms with Crippen molar-refractivity contribution in [2.75, 3.05) is 5.73 Å². The van der Waals surface area contributed by atoms with Gasteiger partial charge in [0.2, 0.25) is 0 Å². The summed E-state index contributed by atoms with van der Waals surface area (Å²) in [5.41, 5.74) is 9.17. The molecule has 3 N–H and O–H groups in total. The highest BCUT2D eigenvalue weighted by atomic mass is 16.3. The van der Waals surface area contributed by atoms with Crippen molar-refractivity contribution in [1.29, 1.82) is 0 Å². The molecule has 0 radical (unpaired) electrons. The quantitative estimate of drug-likeness (QED) is 0.327. The summed E-state index contributed by atoms with van der Waals surface area (Å²) in [6, 6.07) is 3.50. The minimum absolute atomic E-state index is 0.0232. The lowest BCUT2D eigenvalue weighted by Gasteiger charge is -2.07. The largest absolute Gasteiger partial charge is 0.508 e. The molecule has 0 spiro atoms. The average molecular weight is 281 g/mol. The fourth-order valence-corrected chi connectivity index (χ4v) is 1.66. The number of anilines is 1. The zero-order valence-electron chi connectivity index (χ0n) is 12.1. The van der Waals surface area contributed by atoms with Crippen molar-refractivity contribution < 1.29 is 5.11 Å². The number of rotatable bonds is 6. The topological polar surface area (TPSA) is 71.0 Å². The zero-order chi connectivity index (χ0) is 15.8. The second kappa shape index (κ2) is 7.65. The van der Waals surface area contributed by atoms with E-state index in [0.29, 0.717) is 17.1 Å². The first-order valence-electron chi connectivity index (χ1n) is 6.35. The number of aliphatic hydroxyl groups is 1. The van der Waals surface area contributed by atoms with Gasteiger partial charge in [0.15, 0.2) is 0 Å². The molecule has 108 valence electrons. The number of hydrogen-bond acceptors (Lipinski definition) is 4. The Kier molecular flexibility index (Phi) is 5.89. The Morgan fingerprint density at radius 1 is 1.19 bits per heavy atom. The van der Waals surface area contributed by atoms with Crippen molar-refractivity contribution >= 4 is 23.5 Å². The Bertz CT molecular complexity index is 652. The summed E-state index contributed by atoms with van der Waals surface area (Å²) in [7, 11) is 0. The van der Waals surface area contributed by atoms with Crippen LogP contribution in [0.5, 0.6) is 0 Å². The second-order valence-corrected chi connectivity index (χ2v) is 4.10. The van der Waals surface area contributed by atoms with Crippen molar-refractivity contribution in [3.63, 3.8) is 0 Å². The third-order valence-electron chi connectivity index (χ3n) is 2.78. The first-order chi connectivity index (χ1) is 10.1. The molecule has 4 nitrogen and oxygen atoms in total. The van der Waals surface area contributed by atoms with Gasteiger partial charge in [0.1, 0.15) is 5.76 Å². The standard InChI is InChI=1S/C17H19N3O/c1-5-12(11-13(21)6-2)19-20-17-10-9-16(18)14(7-3)15(17)8-4/h5-11,21H,2-4,18H2,1H3/b12-5+,13-11+,20-19?. The van der Waals surface area contributed by atoms with Crippen LogP contribution in [0.3, 0.4) is 0 Å². The van der Waals surface area contributed by atoms with Crippen molar-refractivity contribution in [3.05, 3.63) is 72.7 Å². The number of aliphatic hydroxyl groups excluding tert-OH is 1. The van der Waals surface area contributed by atoms with Crippen LogP contribution in [-0.2, 0) is 0 Å². The molecule has 0 aliphatic carbocycles. The molecule has 0 aromatic heterocycles. The number of azo groups is 1. The summed E-state index contributed by atoms with van der Waals surface area (Å²) in [5.74, 6) is 0.0232. The van der Waals surface area contributed by atoms with E-state index in [-0.39, 0.29) is 5.76 Å². The van der Waals surface area contributed by atoms with E-state index >= 15 is 0 Å². The SMILES string of the molecule is C=C/C(O)=C\C(=C/C)N=Nc1ccc(N)c(C=C)c1C=C. The molecule has 0 heterocycles. The van der Waals surface area contributed by atoms with Crippen LogP contribution in [0.4, 0.5) is 11.4 Å². The molecule has 0 unspecified atom stereocenters. The van der Waals surface area contributed by atoms with Gasteiger partial charge in [-0.2, -0.15) is 5.11 Å². The summed E-state index contributed by atoms with van der Waals surface area (Å²) in [6.45, 7) is 12.8. The van der Waals surface area contributed by atoms with Crippen LogP contribution in [0.15, 0.2) is 71.8 Å². The lowest BCUT2D eigenvalue weighted by molar-refractivity contribution is 0.432. The summed E-state index contributed by atoms with van der Waals surface area (Å²) in [6.07, 6.45) is 7.84. The lowest BCUT2D eigenvalue weighted by Crippen LogP contribution is -1.92. The smallest absolute Gasteiger partial charge is 0.117 e. The molecule has 4 heteroatoms. The van der Waals surface area contributed by atoms with Crippen LogP contribution >= 0.6 is 0 Å². The predicted octanol–water partition coefficient (Wildman–Crippen LogP) is 5.17. The van der Waals surface area contributed by atoms with Gasteiger partial charge < -0.3 is 10.8 Å². The van der Waals surface area contributed by atoms with Gasteiger partial charge >= 0.3 is 0 Å². The summed E-state index contributed by atoms with van der Waals surface area (Å²) < 4.78 is 0. The van der Waals surface area contributed by atoms with E-state index < -0.39 is 0 Å².